The van der Waals surface area contributed by atoms with Crippen LogP contribution in [0.25, 0.3) is 6.08 Å². The summed E-state index contributed by atoms with van der Waals surface area (Å²) < 4.78 is 40.0. The maximum Gasteiger partial charge on any atom is 0.387 e. The van der Waals surface area contributed by atoms with Gasteiger partial charge in [0.05, 0.1) is 5.02 Å². The molecule has 29 heavy (non-hydrogen) atoms. The number of hydrogen-bond acceptors (Lipinski definition) is 4. The maximum atomic E-state index is 12.3. The average molecular weight is 439 g/mol. The van der Waals surface area contributed by atoms with Crippen molar-refractivity contribution in [3.8, 4) is 11.5 Å². The zero-order valence-corrected chi connectivity index (χ0v) is 16.3. The Morgan fingerprint density at radius 2 is 1.93 bits per heavy atom. The number of hydrogen-bond donors (Lipinski definition) is 0. The summed E-state index contributed by atoms with van der Waals surface area (Å²) in [5.74, 6) is 0.949. The van der Waals surface area contributed by atoms with E-state index in [0.717, 1.165) is 0 Å². The molecule has 0 radical (unpaired) electrons. The first kappa shape index (κ1) is 20.9. The standard InChI is InChI=1S/C21H14Cl2F2O4/c22-14-4-9-20(18(23)11-14)27-12-17-6-5-15(28-17)7-8-19(26)13-2-1-3-16(10-13)29-21(24)25/h1-11,21H,12H2/b8-7+. The lowest BCUT2D eigenvalue weighted by Crippen LogP contribution is -2.03. The van der Waals surface area contributed by atoms with Gasteiger partial charge in [0, 0.05) is 10.6 Å². The van der Waals surface area contributed by atoms with Gasteiger partial charge in [-0.15, -0.1) is 0 Å². The molecule has 0 bridgehead atoms. The normalized spacial score (nSPS) is 11.2. The number of halogens is 4. The third-order valence-electron chi connectivity index (χ3n) is 3.69. The Kier molecular flexibility index (Phi) is 6.90. The van der Waals surface area contributed by atoms with Crippen LogP contribution < -0.4 is 9.47 Å². The van der Waals surface area contributed by atoms with Gasteiger partial charge in [0.25, 0.3) is 0 Å². The Bertz CT molecular complexity index is 1030. The first-order valence-electron chi connectivity index (χ1n) is 8.34. The molecule has 0 fully saturated rings. The van der Waals surface area contributed by atoms with E-state index in [1.54, 1.807) is 30.3 Å². The van der Waals surface area contributed by atoms with Crippen molar-refractivity contribution >= 4 is 35.1 Å². The van der Waals surface area contributed by atoms with E-state index in [-0.39, 0.29) is 23.7 Å². The monoisotopic (exact) mass is 438 g/mol. The van der Waals surface area contributed by atoms with Gasteiger partial charge in [-0.1, -0.05) is 35.3 Å². The Morgan fingerprint density at radius 1 is 1.10 bits per heavy atom. The molecule has 3 aromatic rings. The quantitative estimate of drug-likeness (QED) is 0.291. The van der Waals surface area contributed by atoms with Crippen LogP contribution in [0.5, 0.6) is 11.5 Å². The van der Waals surface area contributed by atoms with Crippen molar-refractivity contribution in [1.29, 1.82) is 0 Å². The molecule has 0 saturated carbocycles. The molecule has 1 heterocycles. The van der Waals surface area contributed by atoms with Gasteiger partial charge < -0.3 is 13.9 Å². The predicted octanol–water partition coefficient (Wildman–Crippen LogP) is 6.66. The minimum absolute atomic E-state index is 0.0856. The van der Waals surface area contributed by atoms with Crippen molar-refractivity contribution in [3.05, 3.63) is 87.8 Å². The molecule has 2 aromatic carbocycles. The van der Waals surface area contributed by atoms with Crippen LogP contribution in [0.3, 0.4) is 0 Å². The summed E-state index contributed by atoms with van der Waals surface area (Å²) in [5, 5.41) is 0.886. The predicted molar refractivity (Wildman–Crippen MR) is 106 cm³/mol. The molecule has 1 aromatic heterocycles. The van der Waals surface area contributed by atoms with Crippen LogP contribution in [0.15, 0.2) is 65.1 Å². The number of carbonyl (C=O) groups is 1. The number of alkyl halides is 2. The second kappa shape index (κ2) is 9.58. The number of ether oxygens (including phenoxy) is 2. The highest BCUT2D eigenvalue weighted by Crippen LogP contribution is 2.28. The molecule has 0 saturated heterocycles. The molecule has 8 heteroatoms. The smallest absolute Gasteiger partial charge is 0.387 e. The molecule has 0 aliphatic carbocycles. The van der Waals surface area contributed by atoms with Gasteiger partial charge in [0.2, 0.25) is 0 Å². The Morgan fingerprint density at radius 3 is 2.69 bits per heavy atom. The van der Waals surface area contributed by atoms with Gasteiger partial charge in [-0.05, 0) is 54.6 Å². The SMILES string of the molecule is O=C(/C=C/c1ccc(COc2ccc(Cl)cc2Cl)o1)c1cccc(OC(F)F)c1. The highest BCUT2D eigenvalue weighted by molar-refractivity contribution is 6.35. The van der Waals surface area contributed by atoms with Gasteiger partial charge >= 0.3 is 6.61 Å². The third-order valence-corrected chi connectivity index (χ3v) is 4.22. The van der Waals surface area contributed by atoms with Crippen molar-refractivity contribution < 1.29 is 27.5 Å². The zero-order chi connectivity index (χ0) is 20.8. The van der Waals surface area contributed by atoms with Crippen molar-refractivity contribution in [2.24, 2.45) is 0 Å². The van der Waals surface area contributed by atoms with Crippen molar-refractivity contribution in [3.63, 3.8) is 0 Å². The Hall–Kier alpha value is -2.83. The molecule has 150 valence electrons. The Labute approximate surface area is 175 Å². The van der Waals surface area contributed by atoms with Crippen LogP contribution >= 0.6 is 23.2 Å². The highest BCUT2D eigenvalue weighted by Gasteiger charge is 2.09. The lowest BCUT2D eigenvalue weighted by atomic mass is 10.1. The van der Waals surface area contributed by atoms with Crippen LogP contribution in [0, 0.1) is 0 Å². The van der Waals surface area contributed by atoms with Gasteiger partial charge in [-0.3, -0.25) is 4.79 Å². The van der Waals surface area contributed by atoms with E-state index < -0.39 is 6.61 Å². The number of allylic oxidation sites excluding steroid dienone is 1. The molecule has 4 nitrogen and oxygen atoms in total. The fraction of sp³-hybridized carbons (Fsp3) is 0.0952. The first-order valence-corrected chi connectivity index (χ1v) is 9.10. The molecule has 3 rings (SSSR count). The van der Waals surface area contributed by atoms with Gasteiger partial charge in [0.1, 0.15) is 29.6 Å². The number of rotatable bonds is 8. The number of benzene rings is 2. The topological polar surface area (TPSA) is 48.7 Å². The fourth-order valence-corrected chi connectivity index (χ4v) is 2.85. The molecular weight excluding hydrogens is 425 g/mol. The molecule has 0 aliphatic rings. The molecule has 0 amide bonds. The lowest BCUT2D eigenvalue weighted by molar-refractivity contribution is -0.0498. The summed E-state index contributed by atoms with van der Waals surface area (Å²) in [7, 11) is 0. The summed E-state index contributed by atoms with van der Waals surface area (Å²) >= 11 is 11.9. The first-order chi connectivity index (χ1) is 13.9. The minimum atomic E-state index is -2.96. The van der Waals surface area contributed by atoms with Crippen LogP contribution in [-0.2, 0) is 6.61 Å². The van der Waals surface area contributed by atoms with E-state index in [4.69, 9.17) is 32.4 Å². The van der Waals surface area contributed by atoms with E-state index in [9.17, 15) is 13.6 Å². The summed E-state index contributed by atoms with van der Waals surface area (Å²) in [6.45, 7) is -2.82. The van der Waals surface area contributed by atoms with Crippen LogP contribution in [0.1, 0.15) is 21.9 Å². The summed E-state index contributed by atoms with van der Waals surface area (Å²) in [5.41, 5.74) is 0.215. The van der Waals surface area contributed by atoms with Crippen LogP contribution in [0.4, 0.5) is 8.78 Å². The molecule has 0 aliphatic heterocycles. The maximum absolute atomic E-state index is 12.3. The minimum Gasteiger partial charge on any atom is -0.484 e. The van der Waals surface area contributed by atoms with Crippen molar-refractivity contribution in [2.45, 2.75) is 13.2 Å². The molecule has 0 atom stereocenters. The summed E-state index contributed by atoms with van der Waals surface area (Å²) in [6.07, 6.45) is 2.75. The molecule has 0 unspecified atom stereocenters. The zero-order valence-electron chi connectivity index (χ0n) is 14.8. The lowest BCUT2D eigenvalue weighted by Gasteiger charge is -2.06. The van der Waals surface area contributed by atoms with E-state index in [1.807, 2.05) is 0 Å². The highest BCUT2D eigenvalue weighted by atomic mass is 35.5. The van der Waals surface area contributed by atoms with Crippen LogP contribution in [-0.4, -0.2) is 12.4 Å². The number of carbonyl (C=O) groups excluding carboxylic acids is 1. The van der Waals surface area contributed by atoms with Gasteiger partial charge in [-0.2, -0.15) is 8.78 Å². The fourth-order valence-electron chi connectivity index (χ4n) is 2.38. The largest absolute Gasteiger partial charge is 0.484 e. The number of furan rings is 1. The van der Waals surface area contributed by atoms with E-state index >= 15 is 0 Å². The van der Waals surface area contributed by atoms with Crippen molar-refractivity contribution in [1.82, 2.24) is 0 Å². The summed E-state index contributed by atoms with van der Waals surface area (Å²) in [6, 6.07) is 13.8. The van der Waals surface area contributed by atoms with Crippen molar-refractivity contribution in [2.75, 3.05) is 0 Å². The summed E-state index contributed by atoms with van der Waals surface area (Å²) in [4.78, 5) is 12.2. The van der Waals surface area contributed by atoms with Gasteiger partial charge in [-0.25, -0.2) is 0 Å². The molecule has 0 N–H and O–H groups in total. The average Bonchev–Trinajstić information content (AvgIpc) is 3.13. The van der Waals surface area contributed by atoms with E-state index in [0.29, 0.717) is 27.3 Å². The molecule has 0 spiro atoms. The van der Waals surface area contributed by atoms with Crippen LogP contribution in [0.2, 0.25) is 10.0 Å². The third kappa shape index (κ3) is 6.07. The van der Waals surface area contributed by atoms with E-state index in [1.165, 1.54) is 36.4 Å². The van der Waals surface area contributed by atoms with Gasteiger partial charge in [0.15, 0.2) is 5.78 Å². The molecular formula is C21H14Cl2F2O4. The second-order valence-corrected chi connectivity index (χ2v) is 6.62. The number of ketones is 1. The Balaban J connectivity index is 1.60. The van der Waals surface area contributed by atoms with E-state index in [2.05, 4.69) is 4.74 Å². The second-order valence-electron chi connectivity index (χ2n) is 5.77.